The van der Waals surface area contributed by atoms with Gasteiger partial charge in [0.05, 0.1) is 25.1 Å². The summed E-state index contributed by atoms with van der Waals surface area (Å²) in [5.41, 5.74) is 1.82. The maximum Gasteiger partial charge on any atom is 0.309 e. The van der Waals surface area contributed by atoms with Crippen molar-refractivity contribution in [2.45, 2.75) is 12.5 Å². The van der Waals surface area contributed by atoms with Crippen LogP contribution in [0.4, 0.5) is 5.69 Å². The largest absolute Gasteiger partial charge is 0.508 e. The average molecular weight is 522 g/mol. The van der Waals surface area contributed by atoms with Crippen molar-refractivity contribution >= 4 is 45.0 Å². The number of ether oxygens (including phenoxy) is 1. The maximum atomic E-state index is 13.2. The van der Waals surface area contributed by atoms with E-state index in [1.54, 1.807) is 60.7 Å². The van der Waals surface area contributed by atoms with Crippen molar-refractivity contribution in [3.8, 4) is 5.75 Å². The molecule has 3 aromatic carbocycles. The van der Waals surface area contributed by atoms with Gasteiger partial charge < -0.3 is 14.9 Å². The number of phenolic OH excluding ortho intramolecular Hbond substituents is 1. The predicted molar refractivity (Wildman–Crippen MR) is 129 cm³/mol. The minimum atomic E-state index is -0.970. The first kappa shape index (κ1) is 23.3. The molecule has 172 valence electrons. The topological polar surface area (TPSA) is 104 Å². The predicted octanol–water partition coefficient (Wildman–Crippen LogP) is 4.50. The Morgan fingerprint density at radius 3 is 2.32 bits per heavy atom. The highest BCUT2D eigenvalue weighted by Gasteiger charge is 2.47. The number of nitrogens with zero attached hydrogens (tertiary/aromatic N) is 1. The first-order valence-corrected chi connectivity index (χ1v) is 11.1. The standard InChI is InChI=1S/C26H20BrNO6/c1-34-21(30)13-15-5-11-19(12-6-15)28-23(17-3-2-4-20(29)14-17)22(25(32)26(28)33)24(31)16-7-9-18(27)10-8-16/h2-12,14,23,29,31H,13H2,1H3/b24-22-. The molecule has 3 aromatic rings. The number of hydrogen-bond donors (Lipinski definition) is 2. The summed E-state index contributed by atoms with van der Waals surface area (Å²) in [6.45, 7) is 0. The number of rotatable bonds is 5. The Kier molecular flexibility index (Phi) is 6.51. The summed E-state index contributed by atoms with van der Waals surface area (Å²) in [7, 11) is 1.30. The maximum absolute atomic E-state index is 13.2. The summed E-state index contributed by atoms with van der Waals surface area (Å²) in [6, 6.07) is 18.5. The van der Waals surface area contributed by atoms with Crippen LogP contribution in [-0.4, -0.2) is 35.0 Å². The van der Waals surface area contributed by atoms with Crippen LogP contribution < -0.4 is 4.90 Å². The van der Waals surface area contributed by atoms with Gasteiger partial charge in [0.2, 0.25) is 0 Å². The van der Waals surface area contributed by atoms with Crippen molar-refractivity contribution in [1.82, 2.24) is 0 Å². The number of aliphatic hydroxyl groups is 1. The summed E-state index contributed by atoms with van der Waals surface area (Å²) in [5.74, 6) is -2.41. The molecule has 8 heteroatoms. The molecule has 0 aliphatic carbocycles. The molecule has 0 bridgehead atoms. The number of aliphatic hydroxyl groups excluding tert-OH is 1. The summed E-state index contributed by atoms with van der Waals surface area (Å²) < 4.78 is 5.48. The van der Waals surface area contributed by atoms with Crippen molar-refractivity contribution in [3.05, 3.63) is 99.5 Å². The first-order valence-electron chi connectivity index (χ1n) is 10.3. The zero-order valence-electron chi connectivity index (χ0n) is 18.1. The molecule has 1 aliphatic heterocycles. The normalized spacial score (nSPS) is 17.1. The van der Waals surface area contributed by atoms with Gasteiger partial charge in [0.25, 0.3) is 11.7 Å². The zero-order valence-corrected chi connectivity index (χ0v) is 19.7. The SMILES string of the molecule is COC(=O)Cc1ccc(N2C(=O)C(=O)/C(=C(\O)c3ccc(Br)cc3)C2c2cccc(O)c2)cc1. The third-order valence-electron chi connectivity index (χ3n) is 5.54. The molecule has 0 aromatic heterocycles. The number of methoxy groups -OCH3 is 1. The van der Waals surface area contributed by atoms with Gasteiger partial charge in [-0.3, -0.25) is 19.3 Å². The molecule has 2 N–H and O–H groups in total. The van der Waals surface area contributed by atoms with Crippen molar-refractivity contribution in [2.75, 3.05) is 12.0 Å². The highest BCUT2D eigenvalue weighted by molar-refractivity contribution is 9.10. The Morgan fingerprint density at radius 1 is 1.03 bits per heavy atom. The fraction of sp³-hybridized carbons (Fsp3) is 0.115. The third-order valence-corrected chi connectivity index (χ3v) is 6.07. The fourth-order valence-electron chi connectivity index (χ4n) is 3.89. The minimum absolute atomic E-state index is 0.0415. The molecule has 7 nitrogen and oxygen atoms in total. The molecule has 0 spiro atoms. The molecule has 1 aliphatic rings. The van der Waals surface area contributed by atoms with Crippen LogP contribution in [0.25, 0.3) is 5.76 Å². The van der Waals surface area contributed by atoms with Crippen molar-refractivity contribution in [1.29, 1.82) is 0 Å². The molecular weight excluding hydrogens is 502 g/mol. The lowest BCUT2D eigenvalue weighted by atomic mass is 9.95. The first-order chi connectivity index (χ1) is 16.3. The summed E-state index contributed by atoms with van der Waals surface area (Å²) >= 11 is 3.34. The minimum Gasteiger partial charge on any atom is -0.508 e. The number of benzene rings is 3. The molecule has 4 rings (SSSR count). The lowest BCUT2D eigenvalue weighted by molar-refractivity contribution is -0.139. The molecule has 1 fully saturated rings. The second kappa shape index (κ2) is 9.52. The lowest BCUT2D eigenvalue weighted by Gasteiger charge is -2.25. The summed E-state index contributed by atoms with van der Waals surface area (Å²) in [6.07, 6.45) is 0.0646. The van der Waals surface area contributed by atoms with E-state index in [0.29, 0.717) is 22.4 Å². The molecule has 0 radical (unpaired) electrons. The fourth-order valence-corrected chi connectivity index (χ4v) is 4.15. The molecule has 1 saturated heterocycles. The Labute approximate surface area is 204 Å². The number of aromatic hydroxyl groups is 1. The number of carbonyl (C=O) groups is 3. The Balaban J connectivity index is 1.85. The highest BCUT2D eigenvalue weighted by atomic mass is 79.9. The van der Waals surface area contributed by atoms with Crippen LogP contribution in [0.3, 0.4) is 0 Å². The van der Waals surface area contributed by atoms with E-state index in [0.717, 1.165) is 4.47 Å². The number of ketones is 1. The van der Waals surface area contributed by atoms with E-state index in [4.69, 9.17) is 0 Å². The van der Waals surface area contributed by atoms with Gasteiger partial charge >= 0.3 is 5.97 Å². The number of anilines is 1. The van der Waals surface area contributed by atoms with Gasteiger partial charge in [0.15, 0.2) is 0 Å². The van der Waals surface area contributed by atoms with Gasteiger partial charge in [0, 0.05) is 15.7 Å². The van der Waals surface area contributed by atoms with Crippen LogP contribution in [0.2, 0.25) is 0 Å². The van der Waals surface area contributed by atoms with Crippen molar-refractivity contribution in [2.24, 2.45) is 0 Å². The van der Waals surface area contributed by atoms with Crippen LogP contribution in [0.1, 0.15) is 22.7 Å². The van der Waals surface area contributed by atoms with Gasteiger partial charge in [-0.2, -0.15) is 0 Å². The van der Waals surface area contributed by atoms with Crippen LogP contribution in [0.15, 0.2) is 82.8 Å². The Bertz CT molecular complexity index is 1300. The number of phenols is 1. The van der Waals surface area contributed by atoms with Crippen LogP contribution >= 0.6 is 15.9 Å². The number of halogens is 1. The monoisotopic (exact) mass is 521 g/mol. The zero-order chi connectivity index (χ0) is 24.4. The highest BCUT2D eigenvalue weighted by Crippen LogP contribution is 2.42. The van der Waals surface area contributed by atoms with Crippen molar-refractivity contribution in [3.63, 3.8) is 0 Å². The second-order valence-corrected chi connectivity index (χ2v) is 8.61. The molecule has 0 saturated carbocycles. The Hall–Kier alpha value is -3.91. The number of Topliss-reactive ketones (excluding diaryl/α,β-unsaturated/α-hetero) is 1. The van der Waals surface area contributed by atoms with Crippen LogP contribution in [0, 0.1) is 0 Å². The van der Waals surface area contributed by atoms with E-state index in [9.17, 15) is 24.6 Å². The second-order valence-electron chi connectivity index (χ2n) is 7.69. The summed E-state index contributed by atoms with van der Waals surface area (Å²) in [4.78, 5) is 39.2. The quantitative estimate of drug-likeness (QED) is 0.222. The average Bonchev–Trinajstić information content (AvgIpc) is 3.10. The smallest absolute Gasteiger partial charge is 0.309 e. The number of esters is 1. The van der Waals surface area contributed by atoms with E-state index >= 15 is 0 Å². The van der Waals surface area contributed by atoms with E-state index in [1.165, 1.54) is 24.1 Å². The van der Waals surface area contributed by atoms with Gasteiger partial charge in [0.1, 0.15) is 11.5 Å². The van der Waals surface area contributed by atoms with Crippen LogP contribution in [0.5, 0.6) is 5.75 Å². The van der Waals surface area contributed by atoms with Gasteiger partial charge in [-0.25, -0.2) is 0 Å². The van der Waals surface area contributed by atoms with E-state index < -0.39 is 23.7 Å². The van der Waals surface area contributed by atoms with E-state index in [-0.39, 0.29) is 23.5 Å². The van der Waals surface area contributed by atoms with Gasteiger partial charge in [-0.05, 0) is 47.5 Å². The van der Waals surface area contributed by atoms with Gasteiger partial charge in [-0.1, -0.05) is 52.3 Å². The van der Waals surface area contributed by atoms with E-state index in [1.807, 2.05) is 0 Å². The van der Waals surface area contributed by atoms with Crippen molar-refractivity contribution < 1.29 is 29.3 Å². The van der Waals surface area contributed by atoms with E-state index in [2.05, 4.69) is 20.7 Å². The third kappa shape index (κ3) is 4.45. The van der Waals surface area contributed by atoms with Crippen LogP contribution in [-0.2, 0) is 25.5 Å². The lowest BCUT2D eigenvalue weighted by Crippen LogP contribution is -2.29. The molecule has 1 atom stereocenters. The molecular formula is C26H20BrNO6. The van der Waals surface area contributed by atoms with Gasteiger partial charge in [-0.15, -0.1) is 0 Å². The molecule has 1 heterocycles. The number of carbonyl (C=O) groups excluding carboxylic acids is 3. The Morgan fingerprint density at radius 2 is 1.71 bits per heavy atom. The summed E-state index contributed by atoms with van der Waals surface area (Å²) in [5, 5.41) is 21.1. The molecule has 1 amide bonds. The molecule has 1 unspecified atom stereocenters. The molecule has 34 heavy (non-hydrogen) atoms. The number of amides is 1. The number of hydrogen-bond acceptors (Lipinski definition) is 6.